The number of para-hydroxylation sites is 1. The monoisotopic (exact) mass is 524 g/mol. The van der Waals surface area contributed by atoms with Gasteiger partial charge in [-0.15, -0.1) is 24.0 Å². The number of methoxy groups -OCH3 is 1. The normalized spacial score (nSPS) is 12.7. The minimum absolute atomic E-state index is 0. The molecule has 1 aliphatic rings. The van der Waals surface area contributed by atoms with Gasteiger partial charge in [-0.05, 0) is 30.2 Å². The summed E-state index contributed by atoms with van der Waals surface area (Å²) >= 11 is 0. The number of hydrogen-bond acceptors (Lipinski definition) is 4. The Morgan fingerprint density at radius 2 is 2.00 bits per heavy atom. The molecule has 30 heavy (non-hydrogen) atoms. The summed E-state index contributed by atoms with van der Waals surface area (Å²) in [5.74, 6) is 1.32. The molecule has 0 bridgehead atoms. The van der Waals surface area contributed by atoms with Crippen LogP contribution in [0, 0.1) is 0 Å². The Morgan fingerprint density at radius 3 is 2.80 bits per heavy atom. The van der Waals surface area contributed by atoms with Gasteiger partial charge in [-0.3, -0.25) is 9.79 Å². The molecule has 0 spiro atoms. The Bertz CT molecular complexity index is 860. The Morgan fingerprint density at radius 1 is 1.17 bits per heavy atom. The van der Waals surface area contributed by atoms with Crippen LogP contribution in [0.4, 0.5) is 11.4 Å². The van der Waals surface area contributed by atoms with E-state index in [0.717, 1.165) is 30.0 Å². The van der Waals surface area contributed by atoms with Gasteiger partial charge in [-0.1, -0.05) is 24.3 Å². The summed E-state index contributed by atoms with van der Waals surface area (Å²) in [5.41, 5.74) is 3.05. The lowest BCUT2D eigenvalue weighted by Gasteiger charge is -2.19. The van der Waals surface area contributed by atoms with Gasteiger partial charge < -0.3 is 25.0 Å². The van der Waals surface area contributed by atoms with Crippen LogP contribution in [-0.4, -0.2) is 52.3 Å². The van der Waals surface area contributed by atoms with Crippen LogP contribution in [0.2, 0.25) is 0 Å². The van der Waals surface area contributed by atoms with Gasteiger partial charge in [0, 0.05) is 51.2 Å². The summed E-state index contributed by atoms with van der Waals surface area (Å²) in [5, 5.41) is 6.29. The van der Waals surface area contributed by atoms with E-state index in [4.69, 9.17) is 9.47 Å². The topological polar surface area (TPSA) is 75.2 Å². The van der Waals surface area contributed by atoms with Crippen molar-refractivity contribution in [3.05, 3.63) is 54.1 Å². The van der Waals surface area contributed by atoms with Crippen molar-refractivity contribution in [2.45, 2.75) is 12.8 Å². The molecule has 0 radical (unpaired) electrons. The van der Waals surface area contributed by atoms with Gasteiger partial charge in [-0.25, -0.2) is 0 Å². The van der Waals surface area contributed by atoms with Crippen LogP contribution in [0.1, 0.15) is 12.0 Å². The van der Waals surface area contributed by atoms with Crippen LogP contribution < -0.4 is 20.3 Å². The zero-order chi connectivity index (χ0) is 20.5. The summed E-state index contributed by atoms with van der Waals surface area (Å²) in [4.78, 5) is 18.7. The highest BCUT2D eigenvalue weighted by Gasteiger charge is 2.23. The molecule has 0 saturated carbocycles. The summed E-state index contributed by atoms with van der Waals surface area (Å²) in [7, 11) is 3.35. The largest absolute Gasteiger partial charge is 0.493 e. The molecular formula is C22H29IN4O3. The molecule has 1 heterocycles. The average Bonchev–Trinajstić information content (AvgIpc) is 3.18. The van der Waals surface area contributed by atoms with E-state index in [9.17, 15) is 4.79 Å². The number of guanidine groups is 1. The first-order chi connectivity index (χ1) is 14.2. The fourth-order valence-corrected chi connectivity index (χ4v) is 3.22. The summed E-state index contributed by atoms with van der Waals surface area (Å²) < 4.78 is 10.7. The molecule has 162 valence electrons. The molecule has 1 amide bonds. The van der Waals surface area contributed by atoms with Crippen molar-refractivity contribution in [3.63, 3.8) is 0 Å². The third-order valence-corrected chi connectivity index (χ3v) is 4.68. The van der Waals surface area contributed by atoms with E-state index in [-0.39, 0.29) is 36.4 Å². The van der Waals surface area contributed by atoms with Crippen LogP contribution in [-0.2, 0) is 16.0 Å². The Labute approximate surface area is 194 Å². The first kappa shape index (κ1) is 23.9. The van der Waals surface area contributed by atoms with Crippen molar-refractivity contribution in [2.24, 2.45) is 4.99 Å². The number of nitrogens with zero attached hydrogens (tertiary/aromatic N) is 2. The van der Waals surface area contributed by atoms with Crippen LogP contribution in [0.5, 0.6) is 5.75 Å². The number of amides is 1. The highest BCUT2D eigenvalue weighted by molar-refractivity contribution is 14.0. The Hall–Kier alpha value is -2.33. The number of aliphatic imine (C=N–C) groups is 1. The molecule has 2 aromatic rings. The van der Waals surface area contributed by atoms with E-state index in [1.807, 2.05) is 47.4 Å². The van der Waals surface area contributed by atoms with E-state index in [2.05, 4.69) is 21.7 Å². The average molecular weight is 524 g/mol. The summed E-state index contributed by atoms with van der Waals surface area (Å²) in [6, 6.07) is 15.7. The molecule has 1 aliphatic heterocycles. The second-order valence-corrected chi connectivity index (χ2v) is 6.70. The first-order valence-corrected chi connectivity index (χ1v) is 9.79. The van der Waals surface area contributed by atoms with E-state index in [0.29, 0.717) is 25.7 Å². The van der Waals surface area contributed by atoms with Crippen molar-refractivity contribution in [2.75, 3.05) is 50.7 Å². The molecule has 0 aromatic heterocycles. The lowest BCUT2D eigenvalue weighted by molar-refractivity contribution is -0.117. The second-order valence-electron chi connectivity index (χ2n) is 6.70. The van der Waals surface area contributed by atoms with Gasteiger partial charge in [0.25, 0.3) is 0 Å². The number of anilines is 2. The van der Waals surface area contributed by atoms with Crippen molar-refractivity contribution < 1.29 is 14.3 Å². The van der Waals surface area contributed by atoms with Crippen LogP contribution >= 0.6 is 24.0 Å². The molecule has 0 atom stereocenters. The molecular weight excluding hydrogens is 495 g/mol. The SMILES string of the molecule is CN=C(NCC(=O)N1CCc2ccccc21)Nc1cccc(OCCCOC)c1.I. The van der Waals surface area contributed by atoms with Gasteiger partial charge in [0.1, 0.15) is 5.75 Å². The summed E-state index contributed by atoms with van der Waals surface area (Å²) in [6.45, 7) is 2.15. The van der Waals surface area contributed by atoms with Crippen molar-refractivity contribution in [1.82, 2.24) is 5.32 Å². The third kappa shape index (κ3) is 6.60. The highest BCUT2D eigenvalue weighted by Crippen LogP contribution is 2.27. The fourth-order valence-electron chi connectivity index (χ4n) is 3.22. The fraction of sp³-hybridized carbons (Fsp3) is 0.364. The van der Waals surface area contributed by atoms with E-state index < -0.39 is 0 Å². The zero-order valence-corrected chi connectivity index (χ0v) is 19.7. The molecule has 0 unspecified atom stereocenters. The Kier molecular flexibility index (Phi) is 9.88. The number of ether oxygens (including phenoxy) is 2. The Balaban J connectivity index is 0.00000320. The molecule has 0 fully saturated rings. The molecule has 0 saturated heterocycles. The lowest BCUT2D eigenvalue weighted by atomic mass is 10.2. The molecule has 2 aromatic carbocycles. The van der Waals surface area contributed by atoms with Gasteiger partial charge in [0.15, 0.2) is 5.96 Å². The number of benzene rings is 2. The van der Waals surface area contributed by atoms with E-state index in [1.54, 1.807) is 14.2 Å². The minimum Gasteiger partial charge on any atom is -0.493 e. The second kappa shape index (κ2) is 12.4. The maximum Gasteiger partial charge on any atom is 0.246 e. The minimum atomic E-state index is 0. The maximum atomic E-state index is 12.7. The van der Waals surface area contributed by atoms with E-state index in [1.165, 1.54) is 5.56 Å². The third-order valence-electron chi connectivity index (χ3n) is 4.68. The van der Waals surface area contributed by atoms with Gasteiger partial charge in [0.2, 0.25) is 5.91 Å². The smallest absolute Gasteiger partial charge is 0.246 e. The number of carbonyl (C=O) groups excluding carboxylic acids is 1. The van der Waals surface area contributed by atoms with Crippen molar-refractivity contribution in [1.29, 1.82) is 0 Å². The highest BCUT2D eigenvalue weighted by atomic mass is 127. The maximum absolute atomic E-state index is 12.7. The summed E-state index contributed by atoms with van der Waals surface area (Å²) in [6.07, 6.45) is 1.73. The van der Waals surface area contributed by atoms with E-state index >= 15 is 0 Å². The first-order valence-electron chi connectivity index (χ1n) is 9.79. The predicted octanol–water partition coefficient (Wildman–Crippen LogP) is 3.30. The number of hydrogen-bond donors (Lipinski definition) is 2. The number of halogens is 1. The molecule has 7 nitrogen and oxygen atoms in total. The molecule has 0 aliphatic carbocycles. The number of carbonyl (C=O) groups is 1. The molecule has 2 N–H and O–H groups in total. The van der Waals surface area contributed by atoms with Crippen LogP contribution in [0.3, 0.4) is 0 Å². The van der Waals surface area contributed by atoms with Crippen LogP contribution in [0.15, 0.2) is 53.5 Å². The number of fused-ring (bicyclic) bond motifs is 1. The zero-order valence-electron chi connectivity index (χ0n) is 17.4. The van der Waals surface area contributed by atoms with Gasteiger partial charge in [0.05, 0.1) is 13.2 Å². The lowest BCUT2D eigenvalue weighted by Crippen LogP contribution is -2.41. The van der Waals surface area contributed by atoms with Crippen LogP contribution in [0.25, 0.3) is 0 Å². The van der Waals surface area contributed by atoms with Gasteiger partial charge >= 0.3 is 0 Å². The number of nitrogens with one attached hydrogen (secondary N) is 2. The number of rotatable bonds is 8. The molecule has 3 rings (SSSR count). The predicted molar refractivity (Wildman–Crippen MR) is 131 cm³/mol. The van der Waals surface area contributed by atoms with Crippen molar-refractivity contribution in [3.8, 4) is 5.75 Å². The standard InChI is InChI=1S/C22H28N4O3.HI/c1-23-22(25-18-8-5-9-19(15-18)29-14-6-13-28-2)24-16-21(27)26-12-11-17-7-3-4-10-20(17)26;/h3-5,7-10,15H,6,11-14,16H2,1-2H3,(H2,23,24,25);1H. The quantitative estimate of drug-likeness (QED) is 0.240. The molecule has 8 heteroatoms. The van der Waals surface area contributed by atoms with Crippen molar-refractivity contribution >= 4 is 47.2 Å². The van der Waals surface area contributed by atoms with Gasteiger partial charge in [-0.2, -0.15) is 0 Å².